The molecule has 0 spiro atoms. The fourth-order valence-electron chi connectivity index (χ4n) is 3.97. The first-order valence-corrected chi connectivity index (χ1v) is 12.7. The fraction of sp³-hybridized carbons (Fsp3) is 0.217. The normalized spacial score (nSPS) is 16.4. The van der Waals surface area contributed by atoms with Crippen LogP contribution >= 0.6 is 0 Å². The van der Waals surface area contributed by atoms with Gasteiger partial charge in [0.15, 0.2) is 8.07 Å². The molecule has 1 aliphatic rings. The van der Waals surface area contributed by atoms with Crippen LogP contribution in [0.5, 0.6) is 0 Å². The number of benzene rings is 2. The van der Waals surface area contributed by atoms with Gasteiger partial charge in [0.05, 0.1) is 22.0 Å². The SMILES string of the molecule is CC1(C)c2cccc(c2)-n2ccc(n2)[Si](C)(C)c2ccn(n2)-c2cccc1c2. The van der Waals surface area contributed by atoms with E-state index in [1.165, 1.54) is 11.1 Å². The Hall–Kier alpha value is -2.92. The Bertz CT molecular complexity index is 1090. The molecule has 140 valence electrons. The molecule has 0 radical (unpaired) electrons. The van der Waals surface area contributed by atoms with Crippen molar-refractivity contribution in [3.8, 4) is 11.4 Å². The third kappa shape index (κ3) is 2.50. The summed E-state index contributed by atoms with van der Waals surface area (Å²) in [5, 5.41) is 12.2. The maximum atomic E-state index is 4.96. The van der Waals surface area contributed by atoms with Crippen molar-refractivity contribution in [2.75, 3.05) is 0 Å². The second kappa shape index (κ2) is 5.79. The molecule has 5 heteroatoms. The molecule has 5 rings (SSSR count). The Kier molecular flexibility index (Phi) is 3.55. The number of hydrogen-bond acceptors (Lipinski definition) is 2. The van der Waals surface area contributed by atoms with Crippen LogP contribution in [-0.4, -0.2) is 27.6 Å². The summed E-state index contributed by atoms with van der Waals surface area (Å²) in [5.41, 5.74) is 4.61. The standard InChI is InChI=1S/C23H24N4Si/c1-23(2)17-7-5-9-19(15-17)26-13-11-21(24-26)28(3,4)22-12-14-27(25-22)20-10-6-8-18(23)16-20/h5-16H,1-4H3. The van der Waals surface area contributed by atoms with E-state index in [2.05, 4.69) is 100.0 Å². The molecule has 4 aromatic rings. The highest BCUT2D eigenvalue weighted by molar-refractivity contribution is 6.99. The van der Waals surface area contributed by atoms with Gasteiger partial charge in [-0.25, -0.2) is 9.36 Å². The van der Waals surface area contributed by atoms with Gasteiger partial charge in [0, 0.05) is 17.8 Å². The van der Waals surface area contributed by atoms with Gasteiger partial charge in [0.1, 0.15) is 0 Å². The fourth-order valence-corrected chi connectivity index (χ4v) is 5.93. The highest BCUT2D eigenvalue weighted by Crippen LogP contribution is 2.33. The van der Waals surface area contributed by atoms with E-state index in [0.29, 0.717) is 0 Å². The Morgan fingerprint density at radius 1 is 0.714 bits per heavy atom. The summed E-state index contributed by atoms with van der Waals surface area (Å²) < 4.78 is 4.01. The highest BCUT2D eigenvalue weighted by Gasteiger charge is 2.32. The molecule has 2 aromatic heterocycles. The summed E-state index contributed by atoms with van der Waals surface area (Å²) in [5.74, 6) is 0. The summed E-state index contributed by atoms with van der Waals surface area (Å²) in [6, 6.07) is 21.8. The Labute approximate surface area is 166 Å². The number of fused-ring (bicyclic) bond motifs is 10. The quantitative estimate of drug-likeness (QED) is 0.435. The molecule has 4 nitrogen and oxygen atoms in total. The predicted molar refractivity (Wildman–Crippen MR) is 116 cm³/mol. The smallest absolute Gasteiger partial charge is 0.163 e. The Balaban J connectivity index is 1.82. The van der Waals surface area contributed by atoms with Crippen molar-refractivity contribution in [2.45, 2.75) is 32.4 Å². The molecule has 0 amide bonds. The van der Waals surface area contributed by atoms with E-state index in [-0.39, 0.29) is 5.41 Å². The third-order valence-corrected chi connectivity index (χ3v) is 9.22. The van der Waals surface area contributed by atoms with Crippen molar-refractivity contribution in [1.29, 1.82) is 0 Å². The Morgan fingerprint density at radius 2 is 1.18 bits per heavy atom. The van der Waals surface area contributed by atoms with Crippen LogP contribution in [0.2, 0.25) is 13.1 Å². The molecule has 1 aliphatic heterocycles. The predicted octanol–water partition coefficient (Wildman–Crippen LogP) is 3.52. The lowest BCUT2D eigenvalue weighted by Crippen LogP contribution is -2.54. The zero-order valence-corrected chi connectivity index (χ0v) is 17.7. The van der Waals surface area contributed by atoms with E-state index in [0.717, 1.165) is 22.0 Å². The third-order valence-electron chi connectivity index (χ3n) is 6.12. The average Bonchev–Trinajstić information content (AvgIpc) is 3.38. The van der Waals surface area contributed by atoms with E-state index in [9.17, 15) is 0 Å². The molecule has 8 bridgehead atoms. The number of hydrogen-bond donors (Lipinski definition) is 0. The van der Waals surface area contributed by atoms with Gasteiger partial charge in [0.25, 0.3) is 0 Å². The first kappa shape index (κ1) is 17.2. The van der Waals surface area contributed by atoms with Gasteiger partial charge >= 0.3 is 0 Å². The van der Waals surface area contributed by atoms with Gasteiger partial charge in [-0.05, 0) is 47.5 Å². The molecule has 0 unspecified atom stereocenters. The van der Waals surface area contributed by atoms with Gasteiger partial charge in [-0.3, -0.25) is 0 Å². The van der Waals surface area contributed by atoms with Crippen LogP contribution < -0.4 is 10.6 Å². The highest BCUT2D eigenvalue weighted by atomic mass is 28.3. The van der Waals surface area contributed by atoms with Crippen molar-refractivity contribution in [1.82, 2.24) is 19.6 Å². The van der Waals surface area contributed by atoms with Crippen molar-refractivity contribution in [3.05, 3.63) is 84.2 Å². The Morgan fingerprint density at radius 3 is 1.64 bits per heavy atom. The first-order chi connectivity index (χ1) is 13.4. The van der Waals surface area contributed by atoms with Crippen LogP contribution in [-0.2, 0) is 5.41 Å². The molecule has 0 aliphatic carbocycles. The minimum Gasteiger partial charge on any atom is -0.241 e. The van der Waals surface area contributed by atoms with E-state index < -0.39 is 8.07 Å². The minimum absolute atomic E-state index is 0.129. The maximum Gasteiger partial charge on any atom is 0.163 e. The summed E-state index contributed by atoms with van der Waals surface area (Å²) in [6.07, 6.45) is 4.15. The monoisotopic (exact) mass is 384 g/mol. The van der Waals surface area contributed by atoms with Crippen LogP contribution in [0.15, 0.2) is 73.1 Å². The summed E-state index contributed by atoms with van der Waals surface area (Å²) in [4.78, 5) is 0. The number of nitrogens with zero attached hydrogens (tertiary/aromatic N) is 4. The second-order valence-corrected chi connectivity index (χ2v) is 12.9. The molecule has 2 aromatic carbocycles. The van der Waals surface area contributed by atoms with Crippen LogP contribution in [0.3, 0.4) is 0 Å². The molecule has 0 N–H and O–H groups in total. The zero-order valence-electron chi connectivity index (χ0n) is 16.7. The molecule has 0 saturated carbocycles. The van der Waals surface area contributed by atoms with E-state index >= 15 is 0 Å². The van der Waals surface area contributed by atoms with Crippen molar-refractivity contribution in [2.24, 2.45) is 0 Å². The summed E-state index contributed by atoms with van der Waals surface area (Å²) in [7, 11) is -1.97. The van der Waals surface area contributed by atoms with E-state index in [1.54, 1.807) is 0 Å². The first-order valence-electron chi connectivity index (χ1n) is 9.70. The molecular formula is C23H24N4Si. The molecule has 0 atom stereocenters. The van der Waals surface area contributed by atoms with E-state index in [4.69, 9.17) is 10.2 Å². The van der Waals surface area contributed by atoms with Crippen molar-refractivity contribution in [3.63, 3.8) is 0 Å². The lowest BCUT2D eigenvalue weighted by atomic mass is 9.78. The number of aromatic nitrogens is 4. The molecular weight excluding hydrogens is 360 g/mol. The molecule has 0 saturated heterocycles. The van der Waals surface area contributed by atoms with Crippen LogP contribution in [0.25, 0.3) is 11.4 Å². The van der Waals surface area contributed by atoms with Crippen LogP contribution in [0.4, 0.5) is 0 Å². The number of rotatable bonds is 0. The van der Waals surface area contributed by atoms with Gasteiger partial charge in [-0.15, -0.1) is 0 Å². The van der Waals surface area contributed by atoms with Crippen LogP contribution in [0.1, 0.15) is 25.0 Å². The molecule has 3 heterocycles. The lowest BCUT2D eigenvalue weighted by molar-refractivity contribution is 0.638. The largest absolute Gasteiger partial charge is 0.241 e. The van der Waals surface area contributed by atoms with Gasteiger partial charge in [-0.1, -0.05) is 51.2 Å². The maximum absolute atomic E-state index is 4.96. The van der Waals surface area contributed by atoms with Gasteiger partial charge in [-0.2, -0.15) is 10.2 Å². The molecule has 28 heavy (non-hydrogen) atoms. The van der Waals surface area contributed by atoms with Crippen molar-refractivity contribution < 1.29 is 0 Å². The second-order valence-electron chi connectivity index (χ2n) is 8.64. The van der Waals surface area contributed by atoms with Crippen molar-refractivity contribution >= 4 is 18.7 Å². The van der Waals surface area contributed by atoms with Gasteiger partial charge in [0.2, 0.25) is 0 Å². The average molecular weight is 385 g/mol. The van der Waals surface area contributed by atoms with Gasteiger partial charge < -0.3 is 0 Å². The topological polar surface area (TPSA) is 35.6 Å². The molecule has 0 fully saturated rings. The minimum atomic E-state index is -1.97. The zero-order chi connectivity index (χ0) is 19.5. The van der Waals surface area contributed by atoms with E-state index in [1.807, 2.05) is 9.36 Å². The summed E-state index contributed by atoms with van der Waals surface area (Å²) >= 11 is 0. The summed E-state index contributed by atoms with van der Waals surface area (Å²) in [6.45, 7) is 9.18. The van der Waals surface area contributed by atoms with Crippen LogP contribution in [0, 0.1) is 0 Å². The lowest BCUT2D eigenvalue weighted by Gasteiger charge is -2.27.